The summed E-state index contributed by atoms with van der Waals surface area (Å²) in [4.78, 5) is 0. The van der Waals surface area contributed by atoms with E-state index in [0.717, 1.165) is 25.7 Å². The van der Waals surface area contributed by atoms with Crippen molar-refractivity contribution in [2.45, 2.75) is 96.1 Å². The van der Waals surface area contributed by atoms with Crippen molar-refractivity contribution >= 4 is 0 Å². The van der Waals surface area contributed by atoms with Gasteiger partial charge in [-0.2, -0.15) is 0 Å². The lowest BCUT2D eigenvalue weighted by atomic mass is 9.53. The van der Waals surface area contributed by atoms with Crippen molar-refractivity contribution in [1.82, 2.24) is 0 Å². The summed E-state index contributed by atoms with van der Waals surface area (Å²) in [5.74, 6) is -1.32. The molecule has 3 heterocycles. The minimum Gasteiger partial charge on any atom is -0.385 e. The highest BCUT2D eigenvalue weighted by Crippen LogP contribution is 2.68. The average molecular weight is 435 g/mol. The molecule has 6 aliphatic rings. The minimum atomic E-state index is -2.04. The van der Waals surface area contributed by atoms with Crippen molar-refractivity contribution in [3.63, 3.8) is 0 Å². The van der Waals surface area contributed by atoms with E-state index in [1.54, 1.807) is 11.1 Å². The Balaban J connectivity index is 1.49. The van der Waals surface area contributed by atoms with Crippen molar-refractivity contribution in [2.75, 3.05) is 13.2 Å². The van der Waals surface area contributed by atoms with Crippen LogP contribution in [-0.4, -0.2) is 58.4 Å². The molecule has 0 radical (unpaired) electrons. The summed E-state index contributed by atoms with van der Waals surface area (Å²) >= 11 is 0. The first-order chi connectivity index (χ1) is 14.6. The summed E-state index contributed by atoms with van der Waals surface area (Å²) in [7, 11) is 0. The van der Waals surface area contributed by atoms with Gasteiger partial charge in [-0.1, -0.05) is 38.8 Å². The summed E-state index contributed by atoms with van der Waals surface area (Å²) < 4.78 is 18.2. The maximum atomic E-state index is 11.9. The molecule has 0 unspecified atom stereocenters. The first-order valence-electron chi connectivity index (χ1n) is 12.3. The van der Waals surface area contributed by atoms with Crippen LogP contribution in [0.3, 0.4) is 0 Å². The molecule has 5 fully saturated rings. The second-order valence-electron chi connectivity index (χ2n) is 12.1. The molecule has 0 aromatic heterocycles. The molecule has 6 heteroatoms. The SMILES string of the molecule is CC(C)C1=C2[C@H]3CC[C@@H]4CO[C@@]5(O)[C@H](O)CO[C@H]6O[C@@H]([C@@H]4[C@]65O)[C@]3(C)CC[C@@]2(C)CC1. The van der Waals surface area contributed by atoms with Crippen LogP contribution >= 0.6 is 0 Å². The van der Waals surface area contributed by atoms with Gasteiger partial charge in [-0.15, -0.1) is 0 Å². The second kappa shape index (κ2) is 6.34. The Morgan fingerprint density at radius 1 is 1.03 bits per heavy atom. The molecule has 0 amide bonds. The molecular formula is C25H38O6. The van der Waals surface area contributed by atoms with Gasteiger partial charge < -0.3 is 29.5 Å². The number of hydrogen-bond acceptors (Lipinski definition) is 6. The van der Waals surface area contributed by atoms with Crippen LogP contribution in [0.4, 0.5) is 0 Å². The van der Waals surface area contributed by atoms with Crippen LogP contribution in [-0.2, 0) is 14.2 Å². The topological polar surface area (TPSA) is 88.4 Å². The van der Waals surface area contributed by atoms with Gasteiger partial charge in [0.1, 0.15) is 6.10 Å². The van der Waals surface area contributed by atoms with Gasteiger partial charge in [0.05, 0.1) is 19.3 Å². The van der Waals surface area contributed by atoms with Crippen molar-refractivity contribution in [3.05, 3.63) is 11.1 Å². The van der Waals surface area contributed by atoms with E-state index < -0.39 is 23.8 Å². The van der Waals surface area contributed by atoms with E-state index in [0.29, 0.717) is 18.4 Å². The van der Waals surface area contributed by atoms with Crippen LogP contribution in [0.5, 0.6) is 0 Å². The normalized spacial score (nSPS) is 58.1. The Labute approximate surface area is 184 Å². The third kappa shape index (κ3) is 2.35. The van der Waals surface area contributed by atoms with Crippen LogP contribution < -0.4 is 0 Å². The van der Waals surface area contributed by atoms with E-state index in [4.69, 9.17) is 14.2 Å². The first kappa shape index (κ1) is 21.1. The predicted molar refractivity (Wildman–Crippen MR) is 113 cm³/mol. The fourth-order valence-electron chi connectivity index (χ4n) is 8.64. The highest BCUT2D eigenvalue weighted by molar-refractivity contribution is 5.36. The molecule has 0 bridgehead atoms. The van der Waals surface area contributed by atoms with Crippen LogP contribution in [0.25, 0.3) is 0 Å². The highest BCUT2D eigenvalue weighted by atomic mass is 16.7. The van der Waals surface area contributed by atoms with E-state index in [1.807, 2.05) is 0 Å². The Bertz CT molecular complexity index is 825. The van der Waals surface area contributed by atoms with E-state index in [1.165, 1.54) is 12.8 Å². The van der Waals surface area contributed by atoms with Crippen molar-refractivity contribution in [2.24, 2.45) is 34.5 Å². The molecule has 3 aliphatic heterocycles. The summed E-state index contributed by atoms with van der Waals surface area (Å²) in [5, 5.41) is 33.8. The minimum absolute atomic E-state index is 0.0763. The third-order valence-corrected chi connectivity index (χ3v) is 10.4. The Morgan fingerprint density at radius 2 is 1.81 bits per heavy atom. The van der Waals surface area contributed by atoms with Gasteiger partial charge in [0, 0.05) is 11.3 Å². The zero-order chi connectivity index (χ0) is 22.0. The van der Waals surface area contributed by atoms with Gasteiger partial charge in [0.15, 0.2) is 11.9 Å². The number of fused-ring (bicyclic) bond motifs is 4. The molecule has 10 atom stereocenters. The van der Waals surface area contributed by atoms with E-state index in [2.05, 4.69) is 27.7 Å². The highest BCUT2D eigenvalue weighted by Gasteiger charge is 2.78. The van der Waals surface area contributed by atoms with Crippen LogP contribution in [0, 0.1) is 34.5 Å². The molecule has 2 saturated carbocycles. The molecule has 0 spiro atoms. The molecule has 6 nitrogen and oxygen atoms in total. The molecule has 31 heavy (non-hydrogen) atoms. The molecule has 3 aliphatic carbocycles. The predicted octanol–water partition coefficient (Wildman–Crippen LogP) is 2.75. The van der Waals surface area contributed by atoms with Crippen LogP contribution in [0.2, 0.25) is 0 Å². The maximum absolute atomic E-state index is 11.9. The fourth-order valence-corrected chi connectivity index (χ4v) is 8.64. The quantitative estimate of drug-likeness (QED) is 0.550. The van der Waals surface area contributed by atoms with Gasteiger partial charge in [-0.25, -0.2) is 0 Å². The second-order valence-corrected chi connectivity index (χ2v) is 12.1. The van der Waals surface area contributed by atoms with E-state index >= 15 is 0 Å². The van der Waals surface area contributed by atoms with Gasteiger partial charge in [0.2, 0.25) is 5.79 Å². The smallest absolute Gasteiger partial charge is 0.229 e. The lowest BCUT2D eigenvalue weighted by Crippen LogP contribution is -2.76. The number of allylic oxidation sites excluding steroid dienone is 2. The summed E-state index contributed by atoms with van der Waals surface area (Å²) in [6.07, 6.45) is 4.12. The first-order valence-corrected chi connectivity index (χ1v) is 12.3. The summed E-state index contributed by atoms with van der Waals surface area (Å²) in [6.45, 7) is 9.68. The molecular weight excluding hydrogens is 396 g/mol. The molecule has 6 rings (SSSR count). The summed E-state index contributed by atoms with van der Waals surface area (Å²) in [6, 6.07) is 0. The largest absolute Gasteiger partial charge is 0.385 e. The zero-order valence-corrected chi connectivity index (χ0v) is 19.3. The number of aliphatic hydroxyl groups excluding tert-OH is 1. The lowest BCUT2D eigenvalue weighted by Gasteiger charge is -2.56. The number of hydrogen-bond donors (Lipinski definition) is 3. The lowest BCUT2D eigenvalue weighted by molar-refractivity contribution is -0.428. The number of ether oxygens (including phenoxy) is 3. The van der Waals surface area contributed by atoms with Crippen LogP contribution in [0.1, 0.15) is 66.2 Å². The molecule has 0 aromatic rings. The average Bonchev–Trinajstić information content (AvgIpc) is 3.19. The summed E-state index contributed by atoms with van der Waals surface area (Å²) in [5.41, 5.74) is 1.68. The third-order valence-electron chi connectivity index (χ3n) is 10.4. The van der Waals surface area contributed by atoms with Gasteiger partial charge in [0.25, 0.3) is 0 Å². The molecule has 3 saturated heterocycles. The number of aliphatic hydroxyl groups is 3. The fraction of sp³-hybridized carbons (Fsp3) is 0.920. The van der Waals surface area contributed by atoms with Gasteiger partial charge >= 0.3 is 0 Å². The van der Waals surface area contributed by atoms with E-state index in [-0.39, 0.29) is 35.4 Å². The van der Waals surface area contributed by atoms with Crippen molar-refractivity contribution in [1.29, 1.82) is 0 Å². The zero-order valence-electron chi connectivity index (χ0n) is 19.3. The van der Waals surface area contributed by atoms with Crippen molar-refractivity contribution in [3.8, 4) is 0 Å². The molecule has 3 N–H and O–H groups in total. The molecule has 0 aromatic carbocycles. The van der Waals surface area contributed by atoms with Crippen molar-refractivity contribution < 1.29 is 29.5 Å². The Hall–Kier alpha value is -0.500. The number of rotatable bonds is 1. The van der Waals surface area contributed by atoms with Crippen LogP contribution in [0.15, 0.2) is 11.1 Å². The van der Waals surface area contributed by atoms with E-state index in [9.17, 15) is 15.3 Å². The van der Waals surface area contributed by atoms with Gasteiger partial charge in [-0.3, -0.25) is 0 Å². The monoisotopic (exact) mass is 434 g/mol. The molecule has 174 valence electrons. The Morgan fingerprint density at radius 3 is 2.55 bits per heavy atom. The maximum Gasteiger partial charge on any atom is 0.229 e. The Kier molecular flexibility index (Phi) is 4.30. The standard InChI is InChI=1S/C25H38O6/c1-13(2)15-7-8-22(3)9-10-23(4)16(19(15)22)6-5-14-11-30-25(28)17(26)12-29-21-24(25,27)18(14)20(23)31-21/h13-14,16-18,20-21,26-28H,5-12H2,1-4H3/t14-,16-,17-,18-,20+,21+,22-,23-,24+,25+/m1/s1. The van der Waals surface area contributed by atoms with Gasteiger partial charge in [-0.05, 0) is 61.7 Å².